The average molecular weight is 298 g/mol. The van der Waals surface area contributed by atoms with Crippen molar-refractivity contribution in [2.75, 3.05) is 13.2 Å². The predicted molar refractivity (Wildman–Crippen MR) is 69.6 cm³/mol. The molecule has 92 valence electrons. The van der Waals surface area contributed by atoms with Crippen molar-refractivity contribution in [2.45, 2.75) is 19.3 Å². The molecular weight excluding hydrogens is 282 g/mol. The first kappa shape index (κ1) is 12.6. The Morgan fingerprint density at radius 3 is 2.71 bits per heavy atom. The van der Waals surface area contributed by atoms with Crippen LogP contribution in [-0.2, 0) is 11.2 Å². The quantitative estimate of drug-likeness (QED) is 0.872. The number of aliphatic hydroxyl groups excluding tert-OH is 1. The summed E-state index contributed by atoms with van der Waals surface area (Å²) in [6, 6.07) is 7.71. The monoisotopic (exact) mass is 297 g/mol. The van der Waals surface area contributed by atoms with E-state index < -0.39 is 0 Å². The molecule has 0 saturated heterocycles. The highest BCUT2D eigenvalue weighted by atomic mass is 79.9. The Morgan fingerprint density at radius 2 is 2.12 bits per heavy atom. The van der Waals surface area contributed by atoms with Crippen molar-refractivity contribution in [3.63, 3.8) is 0 Å². The molecule has 1 aliphatic carbocycles. The summed E-state index contributed by atoms with van der Waals surface area (Å²) in [5.41, 5.74) is 0.961. The first-order valence-electron chi connectivity index (χ1n) is 5.76. The SMILES string of the molecule is O=C(Cc1ccccc1Br)NCC1(CO)CC1. The standard InChI is InChI=1S/C13H16BrNO2/c14-11-4-2-1-3-10(11)7-12(17)15-8-13(9-16)5-6-13/h1-4,16H,5-9H2,(H,15,17). The molecule has 0 aromatic heterocycles. The summed E-state index contributed by atoms with van der Waals surface area (Å²) in [4.78, 5) is 11.7. The second-order valence-corrected chi connectivity index (χ2v) is 5.56. The number of hydrogen-bond donors (Lipinski definition) is 2. The molecular formula is C13H16BrNO2. The van der Waals surface area contributed by atoms with Gasteiger partial charge in [0.25, 0.3) is 0 Å². The maximum absolute atomic E-state index is 11.7. The van der Waals surface area contributed by atoms with E-state index in [1.807, 2.05) is 24.3 Å². The lowest BCUT2D eigenvalue weighted by Crippen LogP contribution is -2.32. The molecule has 0 unspecified atom stereocenters. The van der Waals surface area contributed by atoms with Gasteiger partial charge < -0.3 is 10.4 Å². The summed E-state index contributed by atoms with van der Waals surface area (Å²) in [7, 11) is 0. The zero-order valence-corrected chi connectivity index (χ0v) is 11.2. The Bertz CT molecular complexity index is 416. The van der Waals surface area contributed by atoms with Crippen LogP contribution in [0.5, 0.6) is 0 Å². The average Bonchev–Trinajstić information content (AvgIpc) is 3.10. The largest absolute Gasteiger partial charge is 0.396 e. The molecule has 1 aromatic rings. The molecule has 0 atom stereocenters. The minimum absolute atomic E-state index is 0.0108. The van der Waals surface area contributed by atoms with Gasteiger partial charge in [0.1, 0.15) is 0 Å². The number of benzene rings is 1. The predicted octanol–water partition coefficient (Wildman–Crippen LogP) is 1.88. The van der Waals surface area contributed by atoms with Gasteiger partial charge in [-0.05, 0) is 24.5 Å². The van der Waals surface area contributed by atoms with Gasteiger partial charge in [0.05, 0.1) is 13.0 Å². The van der Waals surface area contributed by atoms with Crippen molar-refractivity contribution in [3.05, 3.63) is 34.3 Å². The van der Waals surface area contributed by atoms with E-state index in [2.05, 4.69) is 21.2 Å². The van der Waals surface area contributed by atoms with E-state index in [1.165, 1.54) is 0 Å². The van der Waals surface area contributed by atoms with Gasteiger partial charge in [0.2, 0.25) is 5.91 Å². The molecule has 0 aliphatic heterocycles. The summed E-state index contributed by atoms with van der Waals surface area (Å²) in [5.74, 6) is 0.0108. The molecule has 0 radical (unpaired) electrons. The fraction of sp³-hybridized carbons (Fsp3) is 0.462. The lowest BCUT2D eigenvalue weighted by Gasteiger charge is -2.13. The van der Waals surface area contributed by atoms with Crippen molar-refractivity contribution >= 4 is 21.8 Å². The fourth-order valence-electron chi connectivity index (χ4n) is 1.73. The normalized spacial score (nSPS) is 16.6. The van der Waals surface area contributed by atoms with Gasteiger partial charge in [-0.15, -0.1) is 0 Å². The first-order valence-corrected chi connectivity index (χ1v) is 6.55. The Balaban J connectivity index is 1.83. The van der Waals surface area contributed by atoms with Crippen molar-refractivity contribution in [1.82, 2.24) is 5.32 Å². The number of carbonyl (C=O) groups excluding carboxylic acids is 1. The van der Waals surface area contributed by atoms with E-state index in [0.29, 0.717) is 13.0 Å². The number of nitrogens with one attached hydrogen (secondary N) is 1. The van der Waals surface area contributed by atoms with Crippen LogP contribution in [0.4, 0.5) is 0 Å². The van der Waals surface area contributed by atoms with Crippen molar-refractivity contribution in [3.8, 4) is 0 Å². The maximum Gasteiger partial charge on any atom is 0.224 e. The van der Waals surface area contributed by atoms with Crippen LogP contribution in [0.3, 0.4) is 0 Å². The van der Waals surface area contributed by atoms with Crippen LogP contribution in [0.15, 0.2) is 28.7 Å². The highest BCUT2D eigenvalue weighted by Gasteiger charge is 2.41. The summed E-state index contributed by atoms with van der Waals surface area (Å²) < 4.78 is 0.957. The highest BCUT2D eigenvalue weighted by molar-refractivity contribution is 9.10. The van der Waals surface area contributed by atoms with Gasteiger partial charge in [0.15, 0.2) is 0 Å². The number of rotatable bonds is 5. The smallest absolute Gasteiger partial charge is 0.224 e. The van der Waals surface area contributed by atoms with Crippen LogP contribution in [0.25, 0.3) is 0 Å². The number of amides is 1. The van der Waals surface area contributed by atoms with Crippen LogP contribution >= 0.6 is 15.9 Å². The van der Waals surface area contributed by atoms with Gasteiger partial charge >= 0.3 is 0 Å². The summed E-state index contributed by atoms with van der Waals surface area (Å²) in [5, 5.41) is 12.0. The van der Waals surface area contributed by atoms with Crippen LogP contribution in [0, 0.1) is 5.41 Å². The van der Waals surface area contributed by atoms with Gasteiger partial charge in [-0.3, -0.25) is 4.79 Å². The third-order valence-electron chi connectivity index (χ3n) is 3.26. The van der Waals surface area contributed by atoms with E-state index in [4.69, 9.17) is 5.11 Å². The molecule has 1 aromatic carbocycles. The molecule has 1 aliphatic rings. The third kappa shape index (κ3) is 3.30. The Kier molecular flexibility index (Phi) is 3.84. The zero-order chi connectivity index (χ0) is 12.3. The topological polar surface area (TPSA) is 49.3 Å². The van der Waals surface area contributed by atoms with Crippen LogP contribution in [-0.4, -0.2) is 24.2 Å². The Labute approximate surface area is 109 Å². The Morgan fingerprint density at radius 1 is 1.41 bits per heavy atom. The van der Waals surface area contributed by atoms with Crippen LogP contribution in [0.1, 0.15) is 18.4 Å². The summed E-state index contributed by atoms with van der Waals surface area (Å²) >= 11 is 3.42. The Hall–Kier alpha value is -0.870. The molecule has 1 amide bonds. The summed E-state index contributed by atoms with van der Waals surface area (Å²) in [6.07, 6.45) is 2.40. The molecule has 3 nitrogen and oxygen atoms in total. The second kappa shape index (κ2) is 5.19. The molecule has 1 fully saturated rings. The first-order chi connectivity index (χ1) is 8.15. The molecule has 17 heavy (non-hydrogen) atoms. The minimum Gasteiger partial charge on any atom is -0.396 e. The molecule has 2 N–H and O–H groups in total. The van der Waals surface area contributed by atoms with Crippen molar-refractivity contribution < 1.29 is 9.90 Å². The minimum atomic E-state index is -0.0242. The molecule has 0 spiro atoms. The van der Waals surface area contributed by atoms with E-state index in [-0.39, 0.29) is 17.9 Å². The summed E-state index contributed by atoms with van der Waals surface area (Å²) in [6.45, 7) is 0.759. The van der Waals surface area contributed by atoms with Gasteiger partial charge in [-0.2, -0.15) is 0 Å². The van der Waals surface area contributed by atoms with Crippen LogP contribution in [0.2, 0.25) is 0 Å². The van der Waals surface area contributed by atoms with Crippen molar-refractivity contribution in [1.29, 1.82) is 0 Å². The van der Waals surface area contributed by atoms with Gasteiger partial charge in [0, 0.05) is 16.4 Å². The van der Waals surface area contributed by atoms with E-state index in [9.17, 15) is 4.79 Å². The molecule has 0 heterocycles. The molecule has 1 saturated carbocycles. The number of aliphatic hydroxyl groups is 1. The number of hydrogen-bond acceptors (Lipinski definition) is 2. The molecule has 4 heteroatoms. The lowest BCUT2D eigenvalue weighted by atomic mass is 10.1. The van der Waals surface area contributed by atoms with Gasteiger partial charge in [-0.25, -0.2) is 0 Å². The number of carbonyl (C=O) groups is 1. The maximum atomic E-state index is 11.7. The van der Waals surface area contributed by atoms with Gasteiger partial charge in [-0.1, -0.05) is 34.1 Å². The van der Waals surface area contributed by atoms with Crippen LogP contribution < -0.4 is 5.32 Å². The number of halogens is 1. The van der Waals surface area contributed by atoms with E-state index in [1.54, 1.807) is 0 Å². The molecule has 0 bridgehead atoms. The van der Waals surface area contributed by atoms with E-state index >= 15 is 0 Å². The fourth-order valence-corrected chi connectivity index (χ4v) is 2.16. The second-order valence-electron chi connectivity index (χ2n) is 4.70. The third-order valence-corrected chi connectivity index (χ3v) is 4.04. The zero-order valence-electron chi connectivity index (χ0n) is 9.58. The lowest BCUT2D eigenvalue weighted by molar-refractivity contribution is -0.120. The highest BCUT2D eigenvalue weighted by Crippen LogP contribution is 2.44. The van der Waals surface area contributed by atoms with Crippen molar-refractivity contribution in [2.24, 2.45) is 5.41 Å². The molecule has 2 rings (SSSR count). The van der Waals surface area contributed by atoms with E-state index in [0.717, 1.165) is 22.9 Å².